The van der Waals surface area contributed by atoms with Gasteiger partial charge in [-0.1, -0.05) is 46.6 Å². The van der Waals surface area contributed by atoms with E-state index in [4.69, 9.17) is 9.39 Å². The van der Waals surface area contributed by atoms with Gasteiger partial charge in [-0.3, -0.25) is 33.3 Å². The molecule has 2 aliphatic rings. The largest absolute Gasteiger partial charge is 0.356 e. The van der Waals surface area contributed by atoms with E-state index in [2.05, 4.69) is 25.4 Å². The van der Waals surface area contributed by atoms with Gasteiger partial charge in [0.15, 0.2) is 5.25 Å². The molecular formula is C36H46N6O13S5. The molecule has 2 aliphatic heterocycles. The van der Waals surface area contributed by atoms with Crippen LogP contribution in [0.15, 0.2) is 58.8 Å². The molecule has 0 bridgehead atoms. The highest BCUT2D eigenvalue weighted by molar-refractivity contribution is 8.77. The zero-order valence-corrected chi connectivity index (χ0v) is 36.5. The molecule has 0 spiro atoms. The summed E-state index contributed by atoms with van der Waals surface area (Å²) in [4.78, 5) is 111. The normalized spacial score (nSPS) is 15.1. The maximum atomic E-state index is 11.8. The van der Waals surface area contributed by atoms with Crippen molar-refractivity contribution in [2.24, 2.45) is 0 Å². The number of pyridine rings is 2. The number of nitrogens with zero attached hydrogens (tertiary/aromatic N) is 4. The fourth-order valence-electron chi connectivity index (χ4n) is 4.90. The summed E-state index contributed by atoms with van der Waals surface area (Å²) in [5.74, 6) is -3.43. The summed E-state index contributed by atoms with van der Waals surface area (Å²) in [7, 11) is 1.43. The number of imide groups is 2. The molecule has 2 aromatic heterocycles. The average Bonchev–Trinajstić information content (AvgIpc) is 3.70. The van der Waals surface area contributed by atoms with Gasteiger partial charge in [-0.25, -0.2) is 19.6 Å². The molecule has 4 rings (SSSR count). The minimum Gasteiger partial charge on any atom is -0.356 e. The van der Waals surface area contributed by atoms with Gasteiger partial charge in [-0.2, -0.15) is 8.42 Å². The third-order valence-electron chi connectivity index (χ3n) is 7.96. The minimum atomic E-state index is -4.75. The Kier molecular flexibility index (Phi) is 23.0. The van der Waals surface area contributed by atoms with Crippen molar-refractivity contribution >= 4 is 101 Å². The Morgan fingerprint density at radius 2 is 1.13 bits per heavy atom. The lowest BCUT2D eigenvalue weighted by atomic mass is 10.2. The molecule has 3 N–H and O–H groups in total. The summed E-state index contributed by atoms with van der Waals surface area (Å²) in [6.45, 7) is 1.00. The molecule has 1 unspecified atom stereocenters. The maximum Gasteiger partial charge on any atom is 0.333 e. The number of hydroxylamine groups is 4. The monoisotopic (exact) mass is 930 g/mol. The fraction of sp³-hybridized carbons (Fsp3) is 0.500. The van der Waals surface area contributed by atoms with Gasteiger partial charge in [0, 0.05) is 75.5 Å². The molecule has 0 saturated carbocycles. The smallest absolute Gasteiger partial charge is 0.333 e. The van der Waals surface area contributed by atoms with E-state index in [1.807, 2.05) is 36.4 Å². The Hall–Kier alpha value is -4.23. The molecule has 1 atom stereocenters. The Labute approximate surface area is 362 Å². The molecule has 6 amide bonds. The number of hydrogen-bond acceptors (Lipinski definition) is 18. The molecule has 2 aromatic rings. The lowest BCUT2D eigenvalue weighted by Gasteiger charge is -2.13. The number of carbonyl (C=O) groups is 8. The molecular weight excluding hydrogens is 885 g/mol. The van der Waals surface area contributed by atoms with E-state index in [1.54, 1.807) is 44.8 Å². The molecule has 0 aliphatic carbocycles. The molecule has 19 nitrogen and oxygen atoms in total. The molecule has 2 saturated heterocycles. The van der Waals surface area contributed by atoms with Crippen LogP contribution in [-0.4, -0.2) is 110 Å². The van der Waals surface area contributed by atoms with Gasteiger partial charge in [-0.15, -0.1) is 10.1 Å². The van der Waals surface area contributed by atoms with E-state index in [0.29, 0.717) is 68.2 Å². The van der Waals surface area contributed by atoms with Crippen LogP contribution in [-0.2, 0) is 58.1 Å². The van der Waals surface area contributed by atoms with Crippen LogP contribution in [0.2, 0.25) is 0 Å². The quantitative estimate of drug-likeness (QED) is 0.0552. The fourth-order valence-corrected chi connectivity index (χ4v) is 9.35. The number of rotatable bonds is 25. The predicted octanol–water partition coefficient (Wildman–Crippen LogP) is 3.86. The first kappa shape index (κ1) is 50.1. The summed E-state index contributed by atoms with van der Waals surface area (Å²) in [6.07, 6.45) is 7.37. The van der Waals surface area contributed by atoms with E-state index in [-0.39, 0.29) is 42.6 Å². The van der Waals surface area contributed by atoms with Gasteiger partial charge in [0.05, 0.1) is 6.42 Å². The van der Waals surface area contributed by atoms with Crippen LogP contribution in [0.4, 0.5) is 0 Å². The van der Waals surface area contributed by atoms with Gasteiger partial charge in [0.2, 0.25) is 11.8 Å². The van der Waals surface area contributed by atoms with E-state index < -0.39 is 57.4 Å². The van der Waals surface area contributed by atoms with E-state index in [1.165, 1.54) is 10.8 Å². The molecule has 60 heavy (non-hydrogen) atoms. The summed E-state index contributed by atoms with van der Waals surface area (Å²) < 4.78 is 31.0. The number of carbonyl (C=O) groups excluding carboxylic acids is 8. The van der Waals surface area contributed by atoms with Crippen molar-refractivity contribution in [2.45, 2.75) is 98.8 Å². The number of aromatic nitrogens is 2. The maximum absolute atomic E-state index is 11.8. The van der Waals surface area contributed by atoms with Crippen LogP contribution >= 0.6 is 43.2 Å². The summed E-state index contributed by atoms with van der Waals surface area (Å²) in [6, 6.07) is 11.3. The summed E-state index contributed by atoms with van der Waals surface area (Å²) >= 11 is 0. The number of hydrogen-bond donors (Lipinski definition) is 3. The van der Waals surface area contributed by atoms with Crippen LogP contribution in [0.3, 0.4) is 0 Å². The second kappa shape index (κ2) is 27.6. The summed E-state index contributed by atoms with van der Waals surface area (Å²) in [5.41, 5.74) is 0. The van der Waals surface area contributed by atoms with E-state index >= 15 is 0 Å². The van der Waals surface area contributed by atoms with Crippen molar-refractivity contribution in [2.75, 3.05) is 24.6 Å². The van der Waals surface area contributed by atoms with Crippen LogP contribution in [0.1, 0.15) is 83.5 Å². The molecule has 4 heterocycles. The van der Waals surface area contributed by atoms with Crippen molar-refractivity contribution in [1.29, 1.82) is 0 Å². The lowest BCUT2D eigenvalue weighted by Crippen LogP contribution is -2.36. The van der Waals surface area contributed by atoms with Gasteiger partial charge >= 0.3 is 11.9 Å². The van der Waals surface area contributed by atoms with Gasteiger partial charge in [-0.05, 0) is 71.5 Å². The molecule has 2 fully saturated rings. The van der Waals surface area contributed by atoms with Gasteiger partial charge < -0.3 is 20.3 Å². The van der Waals surface area contributed by atoms with Crippen molar-refractivity contribution in [3.63, 3.8) is 0 Å². The van der Waals surface area contributed by atoms with Gasteiger partial charge in [0.1, 0.15) is 10.1 Å². The topological polar surface area (TPSA) is 266 Å². The predicted molar refractivity (Wildman–Crippen MR) is 222 cm³/mol. The van der Waals surface area contributed by atoms with Gasteiger partial charge in [0.25, 0.3) is 33.7 Å². The first-order chi connectivity index (χ1) is 28.7. The molecule has 328 valence electrons. The van der Waals surface area contributed by atoms with Crippen LogP contribution < -0.4 is 10.6 Å². The Bertz CT molecular complexity index is 1860. The van der Waals surface area contributed by atoms with E-state index in [0.717, 1.165) is 22.9 Å². The first-order valence-corrected chi connectivity index (χ1v) is 24.9. The van der Waals surface area contributed by atoms with Crippen LogP contribution in [0.25, 0.3) is 0 Å². The SMILES string of the molecule is O=C(CCSSc1ccccn1)NCCCCCC(=O)ON1C(=O)CC(S(=O)(=O)O)C1=O.O=C(CCSSc1ccccn1)NCCCCCC(=O)ON1C(=O)CCC1=O. The first-order valence-electron chi connectivity index (χ1n) is 18.8. The zero-order valence-electron chi connectivity index (χ0n) is 32.4. The standard InChI is InChI=1S/C18H23N3O8S3.C18H23N3O5S2/c22-14(8-11-30-31-15-6-3-5-10-20-15)19-9-4-1-2-7-17(24)29-21-16(23)12-13(18(21)25)32(26,27)28;22-14(10-13-27-28-15-6-3-5-12-20-15)19-11-4-1-2-7-18(25)26-21-16(23)8-9-17(21)24/h3,5-6,10,13H,1-2,4,7-9,11-12H2,(H,19,22)(H,26,27,28);3,5-6,12H,1-2,4,7-11,13H2,(H,19,22). The lowest BCUT2D eigenvalue weighted by molar-refractivity contribution is -0.197. The van der Waals surface area contributed by atoms with Crippen molar-refractivity contribution in [1.82, 2.24) is 30.7 Å². The zero-order chi connectivity index (χ0) is 43.8. The number of nitrogens with one attached hydrogen (secondary N) is 2. The second-order valence-corrected chi connectivity index (χ2v) is 19.2. The Morgan fingerprint density at radius 3 is 1.55 bits per heavy atom. The van der Waals surface area contributed by atoms with Crippen molar-refractivity contribution in [3.8, 4) is 0 Å². The Morgan fingerprint density at radius 1 is 0.667 bits per heavy atom. The van der Waals surface area contributed by atoms with Crippen LogP contribution in [0, 0.1) is 0 Å². The second-order valence-electron chi connectivity index (χ2n) is 12.7. The summed E-state index contributed by atoms with van der Waals surface area (Å²) in [5, 5.41) is 6.14. The van der Waals surface area contributed by atoms with Crippen molar-refractivity contribution in [3.05, 3.63) is 48.8 Å². The highest BCUT2D eigenvalue weighted by atomic mass is 33.1. The average molecular weight is 931 g/mol. The van der Waals surface area contributed by atoms with E-state index in [9.17, 15) is 46.8 Å². The molecule has 0 radical (unpaired) electrons. The third kappa shape index (κ3) is 19.9. The Balaban J connectivity index is 0.000000323. The molecule has 24 heteroatoms. The number of amides is 6. The highest BCUT2D eigenvalue weighted by Crippen LogP contribution is 2.30. The third-order valence-corrected chi connectivity index (χ3v) is 13.6. The van der Waals surface area contributed by atoms with Crippen LogP contribution in [0.5, 0.6) is 0 Å². The number of unbranched alkanes of at least 4 members (excludes halogenated alkanes) is 4. The highest BCUT2D eigenvalue weighted by Gasteiger charge is 2.48. The molecule has 0 aromatic carbocycles. The minimum absolute atomic E-state index is 0.000381. The van der Waals surface area contributed by atoms with Crippen molar-refractivity contribution < 1.29 is 61.0 Å².